The number of hydrogen-bond donors (Lipinski definition) is 0. The Hall–Kier alpha value is -2.38. The highest BCUT2D eigenvalue weighted by Gasteiger charge is 2.33. The van der Waals surface area contributed by atoms with E-state index < -0.39 is 4.92 Å². The molecule has 0 spiro atoms. The molecule has 0 aliphatic carbocycles. The minimum absolute atomic E-state index is 0. The number of carbonyl (C=O) groups is 1. The number of non-ortho nitro benzene ring substituents is 1. The van der Waals surface area contributed by atoms with E-state index in [0.717, 1.165) is 39.0 Å². The molecule has 2 bridgehead atoms. The van der Waals surface area contributed by atoms with Crippen LogP contribution in [0.5, 0.6) is 0 Å². The molecule has 7 nitrogen and oxygen atoms in total. The number of amides is 1. The molecule has 0 unspecified atom stereocenters. The predicted octanol–water partition coefficient (Wildman–Crippen LogP) is 3.20. The fourth-order valence-electron chi connectivity index (χ4n) is 3.65. The van der Waals surface area contributed by atoms with E-state index in [4.69, 9.17) is 4.42 Å². The monoisotopic (exact) mass is 377 g/mol. The quantitative estimate of drug-likeness (QED) is 0.606. The van der Waals surface area contributed by atoms with Gasteiger partial charge in [-0.25, -0.2) is 0 Å². The maximum atomic E-state index is 12.9. The van der Waals surface area contributed by atoms with Gasteiger partial charge in [0.25, 0.3) is 11.6 Å². The highest BCUT2D eigenvalue weighted by molar-refractivity contribution is 5.92. The van der Waals surface area contributed by atoms with Crippen LogP contribution in [0.3, 0.4) is 0 Å². The third-order valence-electron chi connectivity index (χ3n) is 5.10. The zero-order chi connectivity index (χ0) is 17.4. The molecule has 2 aromatic rings. The van der Waals surface area contributed by atoms with Crippen LogP contribution in [0.2, 0.25) is 0 Å². The predicted molar refractivity (Wildman–Crippen MR) is 98.5 cm³/mol. The van der Waals surface area contributed by atoms with Crippen molar-refractivity contribution in [3.05, 3.63) is 52.3 Å². The molecular weight excluding hydrogens is 358 g/mol. The van der Waals surface area contributed by atoms with Crippen LogP contribution >= 0.6 is 12.4 Å². The van der Waals surface area contributed by atoms with Crippen LogP contribution in [0.4, 0.5) is 5.69 Å². The van der Waals surface area contributed by atoms with E-state index in [-0.39, 0.29) is 24.0 Å². The van der Waals surface area contributed by atoms with Gasteiger partial charge in [-0.1, -0.05) is 0 Å². The first-order valence-electron chi connectivity index (χ1n) is 8.50. The van der Waals surface area contributed by atoms with Crippen LogP contribution in [0.15, 0.2) is 40.8 Å². The summed E-state index contributed by atoms with van der Waals surface area (Å²) in [7, 11) is 0. The van der Waals surface area contributed by atoms with Crippen LogP contribution < -0.4 is 0 Å². The summed E-state index contributed by atoms with van der Waals surface area (Å²) in [6, 6.07) is 9.85. The zero-order valence-electron chi connectivity index (χ0n) is 14.2. The van der Waals surface area contributed by atoms with E-state index in [9.17, 15) is 14.9 Å². The highest BCUT2D eigenvalue weighted by Crippen LogP contribution is 2.27. The SMILES string of the molecule is Cl.O=C(c1ccc(-c2ccc([N+](=O)[O-])cc2)o1)N1CCN2CCC1CC2. The summed E-state index contributed by atoms with van der Waals surface area (Å²) in [6.45, 7) is 3.76. The Morgan fingerprint density at radius 1 is 1.04 bits per heavy atom. The molecule has 3 aliphatic heterocycles. The molecule has 0 radical (unpaired) electrons. The molecule has 0 saturated carbocycles. The number of piperidine rings is 1. The van der Waals surface area contributed by atoms with E-state index in [1.807, 2.05) is 4.90 Å². The van der Waals surface area contributed by atoms with Crippen molar-refractivity contribution in [3.8, 4) is 11.3 Å². The summed E-state index contributed by atoms with van der Waals surface area (Å²) in [5.74, 6) is 0.803. The van der Waals surface area contributed by atoms with E-state index >= 15 is 0 Å². The molecule has 1 amide bonds. The fraction of sp³-hybridized carbons (Fsp3) is 0.389. The summed E-state index contributed by atoms with van der Waals surface area (Å²) in [5.41, 5.74) is 0.745. The van der Waals surface area contributed by atoms with Gasteiger partial charge in [-0.15, -0.1) is 12.4 Å². The van der Waals surface area contributed by atoms with Crippen molar-refractivity contribution in [1.29, 1.82) is 0 Å². The standard InChI is InChI=1S/C18H19N3O4.ClH/c22-18(20-12-11-19-9-7-14(20)8-10-19)17-6-5-16(25-17)13-1-3-15(4-2-13)21(23)24;/h1-6,14H,7-12H2;1H. The molecule has 4 heterocycles. The number of halogens is 1. The summed E-state index contributed by atoms with van der Waals surface area (Å²) in [4.78, 5) is 27.5. The number of furan rings is 1. The molecule has 0 N–H and O–H groups in total. The van der Waals surface area contributed by atoms with Gasteiger partial charge in [0.15, 0.2) is 5.76 Å². The molecule has 8 heteroatoms. The second-order valence-corrected chi connectivity index (χ2v) is 6.54. The average molecular weight is 378 g/mol. The Morgan fingerprint density at radius 2 is 1.73 bits per heavy atom. The number of fused-ring (bicyclic) bond motifs is 4. The number of carbonyl (C=O) groups excluding carboxylic acids is 1. The maximum absolute atomic E-state index is 12.9. The number of nitro groups is 1. The Morgan fingerprint density at radius 3 is 2.38 bits per heavy atom. The van der Waals surface area contributed by atoms with E-state index in [0.29, 0.717) is 23.1 Å². The van der Waals surface area contributed by atoms with Gasteiger partial charge in [0.1, 0.15) is 5.76 Å². The van der Waals surface area contributed by atoms with Gasteiger partial charge in [0.2, 0.25) is 0 Å². The fourth-order valence-corrected chi connectivity index (χ4v) is 3.65. The Kier molecular flexibility index (Phi) is 5.29. The topological polar surface area (TPSA) is 79.8 Å². The molecule has 0 atom stereocenters. The summed E-state index contributed by atoms with van der Waals surface area (Å²) < 4.78 is 5.76. The van der Waals surface area contributed by atoms with Crippen molar-refractivity contribution in [2.45, 2.75) is 18.9 Å². The first-order chi connectivity index (χ1) is 12.1. The molecule has 3 aliphatic rings. The van der Waals surface area contributed by atoms with Crippen LogP contribution in [-0.2, 0) is 0 Å². The van der Waals surface area contributed by atoms with Gasteiger partial charge in [0.05, 0.1) is 4.92 Å². The lowest BCUT2D eigenvalue weighted by atomic mass is 10.1. The zero-order valence-corrected chi connectivity index (χ0v) is 15.0. The van der Waals surface area contributed by atoms with Gasteiger partial charge < -0.3 is 14.2 Å². The van der Waals surface area contributed by atoms with Gasteiger partial charge in [0, 0.05) is 49.9 Å². The molecule has 1 aromatic heterocycles. The van der Waals surface area contributed by atoms with Crippen molar-refractivity contribution in [1.82, 2.24) is 9.80 Å². The summed E-state index contributed by atoms with van der Waals surface area (Å²) in [5, 5.41) is 10.7. The summed E-state index contributed by atoms with van der Waals surface area (Å²) in [6.07, 6.45) is 2.03. The van der Waals surface area contributed by atoms with Crippen molar-refractivity contribution in [2.75, 3.05) is 26.2 Å². The third-order valence-corrected chi connectivity index (χ3v) is 5.10. The van der Waals surface area contributed by atoms with E-state index in [2.05, 4.69) is 4.90 Å². The van der Waals surface area contributed by atoms with Gasteiger partial charge in [-0.05, 0) is 37.1 Å². The highest BCUT2D eigenvalue weighted by atomic mass is 35.5. The van der Waals surface area contributed by atoms with E-state index in [1.54, 1.807) is 24.3 Å². The number of hydrogen-bond acceptors (Lipinski definition) is 5. The van der Waals surface area contributed by atoms with E-state index in [1.165, 1.54) is 12.1 Å². The van der Waals surface area contributed by atoms with Crippen LogP contribution in [0.25, 0.3) is 11.3 Å². The number of nitro benzene ring substituents is 1. The summed E-state index contributed by atoms with van der Waals surface area (Å²) >= 11 is 0. The maximum Gasteiger partial charge on any atom is 0.289 e. The van der Waals surface area contributed by atoms with Crippen molar-refractivity contribution in [3.63, 3.8) is 0 Å². The molecule has 3 fully saturated rings. The third kappa shape index (κ3) is 3.45. The van der Waals surface area contributed by atoms with Crippen molar-refractivity contribution >= 4 is 24.0 Å². The molecule has 26 heavy (non-hydrogen) atoms. The second kappa shape index (κ2) is 7.47. The molecular formula is C18H20ClN3O4. The van der Waals surface area contributed by atoms with Gasteiger partial charge in [-0.2, -0.15) is 0 Å². The lowest BCUT2D eigenvalue weighted by molar-refractivity contribution is -0.384. The first kappa shape index (κ1) is 18.4. The normalized spacial score (nSPS) is 21.8. The Labute approximate surface area is 157 Å². The minimum Gasteiger partial charge on any atom is -0.451 e. The number of benzene rings is 1. The molecule has 3 saturated heterocycles. The van der Waals surface area contributed by atoms with Crippen LogP contribution in [-0.4, -0.2) is 52.9 Å². The Balaban J connectivity index is 0.00000196. The molecule has 5 rings (SSSR count). The number of nitrogens with zero attached hydrogens (tertiary/aromatic N) is 3. The minimum atomic E-state index is -0.439. The lowest BCUT2D eigenvalue weighted by Gasteiger charge is -2.30. The Bertz CT molecular complexity index is 797. The van der Waals surface area contributed by atoms with Gasteiger partial charge >= 0.3 is 0 Å². The van der Waals surface area contributed by atoms with Crippen LogP contribution in [0, 0.1) is 10.1 Å². The first-order valence-corrected chi connectivity index (χ1v) is 8.50. The molecule has 138 valence electrons. The molecule has 1 aromatic carbocycles. The van der Waals surface area contributed by atoms with Crippen LogP contribution in [0.1, 0.15) is 23.4 Å². The smallest absolute Gasteiger partial charge is 0.289 e. The average Bonchev–Trinajstić information content (AvgIpc) is 2.94. The largest absolute Gasteiger partial charge is 0.451 e. The lowest BCUT2D eigenvalue weighted by Crippen LogP contribution is -2.41. The van der Waals surface area contributed by atoms with Gasteiger partial charge in [-0.3, -0.25) is 14.9 Å². The van der Waals surface area contributed by atoms with Crippen molar-refractivity contribution < 1.29 is 14.1 Å². The second-order valence-electron chi connectivity index (χ2n) is 6.54. The van der Waals surface area contributed by atoms with Crippen molar-refractivity contribution in [2.24, 2.45) is 0 Å². The number of rotatable bonds is 3.